The van der Waals surface area contributed by atoms with Crippen LogP contribution in [0.4, 0.5) is 11.4 Å². The van der Waals surface area contributed by atoms with Gasteiger partial charge < -0.3 is 0 Å². The topological polar surface area (TPSA) is 6.48 Å². The Bertz CT molecular complexity index is 1440. The number of halogens is 2. The van der Waals surface area contributed by atoms with Crippen LogP contribution in [-0.4, -0.2) is 20.0 Å². The van der Waals surface area contributed by atoms with Crippen LogP contribution in [-0.2, 0) is 0 Å². The molecule has 2 nitrogen and oxygen atoms in total. The molecule has 4 aromatic rings. The predicted molar refractivity (Wildman–Crippen MR) is 159 cm³/mol. The minimum absolute atomic E-state index is 0.621. The van der Waals surface area contributed by atoms with Gasteiger partial charge in [0, 0.05) is 54.4 Å². The van der Waals surface area contributed by atoms with E-state index in [0.29, 0.717) is 30.0 Å². The number of benzene rings is 4. The molecule has 0 spiro atoms. The molecular formula is C26H12Cl2N2S4. The van der Waals surface area contributed by atoms with Crippen LogP contribution in [0.1, 0.15) is 22.3 Å². The smallest absolute Gasteiger partial charge is 0.119 e. The molecule has 164 valence electrons. The molecule has 0 radical (unpaired) electrons. The fourth-order valence-electron chi connectivity index (χ4n) is 4.57. The molecule has 0 fully saturated rings. The van der Waals surface area contributed by atoms with Crippen molar-refractivity contribution in [1.82, 2.24) is 0 Å². The van der Waals surface area contributed by atoms with Gasteiger partial charge in [-0.05, 0) is 36.4 Å². The summed E-state index contributed by atoms with van der Waals surface area (Å²) in [5.74, 6) is 0. The zero-order valence-corrected chi connectivity index (χ0v) is 22.0. The summed E-state index contributed by atoms with van der Waals surface area (Å²) in [4.78, 5) is 6.28. The van der Waals surface area contributed by atoms with E-state index in [-0.39, 0.29) is 0 Å². The molecule has 4 aromatic carbocycles. The molecule has 0 atom stereocenters. The fourth-order valence-corrected chi connectivity index (χ4v) is 6.53. The Morgan fingerprint density at radius 3 is 1.09 bits per heavy atom. The van der Waals surface area contributed by atoms with E-state index in [9.17, 15) is 0 Å². The van der Waals surface area contributed by atoms with Crippen molar-refractivity contribution in [2.75, 3.05) is 9.80 Å². The maximum atomic E-state index is 6.26. The molecule has 6 rings (SSSR count). The normalized spacial score (nSPS) is 14.9. The Morgan fingerprint density at radius 1 is 0.471 bits per heavy atom. The maximum absolute atomic E-state index is 6.26. The second kappa shape index (κ2) is 8.12. The van der Waals surface area contributed by atoms with Crippen molar-refractivity contribution in [3.63, 3.8) is 0 Å². The lowest BCUT2D eigenvalue weighted by atomic mass is 9.86. The van der Waals surface area contributed by atoms with Crippen LogP contribution in [0.25, 0.3) is 10.8 Å². The summed E-state index contributed by atoms with van der Waals surface area (Å²) < 4.78 is 0. The van der Waals surface area contributed by atoms with Gasteiger partial charge >= 0.3 is 0 Å². The molecule has 8 heteroatoms. The van der Waals surface area contributed by atoms with Crippen molar-refractivity contribution in [2.24, 2.45) is 0 Å². The highest BCUT2D eigenvalue weighted by Gasteiger charge is 2.35. The van der Waals surface area contributed by atoms with Crippen LogP contribution < -0.4 is 9.80 Å². The zero-order chi connectivity index (χ0) is 23.7. The first-order valence-corrected chi connectivity index (χ1v) is 12.6. The molecule has 0 aromatic heterocycles. The average molecular weight is 552 g/mol. The Balaban J connectivity index is 1.57. The molecule has 0 bridgehead atoms. The highest BCUT2D eigenvalue weighted by Crippen LogP contribution is 2.41. The molecule has 0 N–H and O–H groups in total. The van der Waals surface area contributed by atoms with Gasteiger partial charge in [0.25, 0.3) is 0 Å². The molecule has 2 heterocycles. The third kappa shape index (κ3) is 3.18. The van der Waals surface area contributed by atoms with E-state index in [1.165, 1.54) is 0 Å². The summed E-state index contributed by atoms with van der Waals surface area (Å²) in [6.07, 6.45) is 0. The van der Waals surface area contributed by atoms with Crippen LogP contribution in [0, 0.1) is 0 Å². The largest absolute Gasteiger partial charge is 0.291 e. The molecule has 0 saturated carbocycles. The number of hydrogen-bond donors (Lipinski definition) is 0. The second-order valence-electron chi connectivity index (χ2n) is 7.92. The fraction of sp³-hybridized carbons (Fsp3) is 0. The summed E-state index contributed by atoms with van der Waals surface area (Å²) in [6, 6.07) is 23.1. The summed E-state index contributed by atoms with van der Waals surface area (Å²) in [6.45, 7) is 0. The zero-order valence-electron chi connectivity index (χ0n) is 17.2. The first kappa shape index (κ1) is 22.2. The average Bonchev–Trinajstić information content (AvgIpc) is 2.81. The highest BCUT2D eigenvalue weighted by atomic mass is 35.5. The molecule has 0 unspecified atom stereocenters. The molecule has 0 amide bonds. The van der Waals surface area contributed by atoms with E-state index in [2.05, 4.69) is 0 Å². The van der Waals surface area contributed by atoms with Crippen molar-refractivity contribution in [2.45, 2.75) is 0 Å². The lowest BCUT2D eigenvalue weighted by Gasteiger charge is -2.36. The standard InChI is InChI=1S/C26H12Cl2N2S4/c27-13-3-1-5-15(11-13)29-23(31)17-7-9-19-22-20(10-8-18(21(17)22)24(29)32)26(34)30(25(19)33)16-6-2-4-14(28)12-16/h1-12H. The number of hydrogen-bond acceptors (Lipinski definition) is 4. The third-order valence-electron chi connectivity index (χ3n) is 6.03. The SMILES string of the molecule is S=C1c2ccc3c4c(ccc(c24)C(=S)N1c1cccc(Cl)c1)C(=S)N(c1cccc(Cl)c1)C3=S. The van der Waals surface area contributed by atoms with E-state index < -0.39 is 0 Å². The first-order valence-electron chi connectivity index (χ1n) is 10.3. The van der Waals surface area contributed by atoms with E-state index in [1.54, 1.807) is 0 Å². The number of nitrogens with zero attached hydrogens (tertiary/aromatic N) is 2. The lowest BCUT2D eigenvalue weighted by Crippen LogP contribution is -2.42. The summed E-state index contributed by atoms with van der Waals surface area (Å²) in [5.41, 5.74) is 5.34. The minimum Gasteiger partial charge on any atom is -0.291 e. The monoisotopic (exact) mass is 550 g/mol. The number of rotatable bonds is 2. The van der Waals surface area contributed by atoms with Crippen LogP contribution in [0.15, 0.2) is 72.8 Å². The Hall–Kier alpha value is -2.32. The van der Waals surface area contributed by atoms with Gasteiger partial charge in [-0.2, -0.15) is 0 Å². The van der Waals surface area contributed by atoms with Crippen LogP contribution in [0.2, 0.25) is 10.0 Å². The molecule has 0 saturated heterocycles. The van der Waals surface area contributed by atoms with Crippen LogP contribution in [0.5, 0.6) is 0 Å². The van der Waals surface area contributed by atoms with Gasteiger partial charge in [-0.15, -0.1) is 0 Å². The van der Waals surface area contributed by atoms with Gasteiger partial charge in [0.1, 0.15) is 20.0 Å². The molecule has 2 aliphatic heterocycles. The van der Waals surface area contributed by atoms with Crippen molar-refractivity contribution < 1.29 is 0 Å². The maximum Gasteiger partial charge on any atom is 0.119 e. The third-order valence-corrected chi connectivity index (χ3v) is 8.11. The van der Waals surface area contributed by atoms with E-state index in [4.69, 9.17) is 72.1 Å². The Kier molecular flexibility index (Phi) is 5.30. The quantitative estimate of drug-likeness (QED) is 0.232. The van der Waals surface area contributed by atoms with Gasteiger partial charge in [0.2, 0.25) is 0 Å². The molecular weight excluding hydrogens is 539 g/mol. The van der Waals surface area contributed by atoms with Crippen LogP contribution >= 0.6 is 72.1 Å². The van der Waals surface area contributed by atoms with Crippen molar-refractivity contribution >= 4 is 114 Å². The molecule has 34 heavy (non-hydrogen) atoms. The Labute approximate surface area is 227 Å². The van der Waals surface area contributed by atoms with Gasteiger partial charge in [0.05, 0.1) is 0 Å². The van der Waals surface area contributed by atoms with E-state index in [1.807, 2.05) is 82.6 Å². The second-order valence-corrected chi connectivity index (χ2v) is 10.3. The van der Waals surface area contributed by atoms with E-state index in [0.717, 1.165) is 44.4 Å². The van der Waals surface area contributed by atoms with Crippen molar-refractivity contribution in [3.8, 4) is 0 Å². The Morgan fingerprint density at radius 2 is 0.794 bits per heavy atom. The minimum atomic E-state index is 0.621. The lowest BCUT2D eigenvalue weighted by molar-refractivity contribution is 1.40. The van der Waals surface area contributed by atoms with Gasteiger partial charge in [-0.3, -0.25) is 9.80 Å². The van der Waals surface area contributed by atoms with E-state index >= 15 is 0 Å². The summed E-state index contributed by atoms with van der Waals surface area (Å²) >= 11 is 36.3. The first-order chi connectivity index (χ1) is 16.4. The summed E-state index contributed by atoms with van der Waals surface area (Å²) in [7, 11) is 0. The van der Waals surface area contributed by atoms with Crippen molar-refractivity contribution in [1.29, 1.82) is 0 Å². The van der Waals surface area contributed by atoms with Gasteiger partial charge in [-0.25, -0.2) is 0 Å². The molecule has 0 aliphatic carbocycles. The molecule has 2 aliphatic rings. The predicted octanol–water partition coefficient (Wildman–Crippen LogP) is 7.89. The van der Waals surface area contributed by atoms with Gasteiger partial charge in [-0.1, -0.05) is 108 Å². The highest BCUT2D eigenvalue weighted by molar-refractivity contribution is 7.83. The number of anilines is 2. The van der Waals surface area contributed by atoms with Crippen LogP contribution in [0.3, 0.4) is 0 Å². The van der Waals surface area contributed by atoms with Gasteiger partial charge in [0.15, 0.2) is 0 Å². The number of thiocarbonyl (C=S) groups is 4. The summed E-state index contributed by atoms with van der Waals surface area (Å²) in [5, 5.41) is 3.21. The van der Waals surface area contributed by atoms with Crippen molar-refractivity contribution in [3.05, 3.63) is 105 Å².